The van der Waals surface area contributed by atoms with Crippen LogP contribution >= 0.6 is 11.8 Å². The molecule has 1 fully saturated rings. The highest BCUT2D eigenvalue weighted by molar-refractivity contribution is 7.99. The molecule has 0 aromatic heterocycles. The highest BCUT2D eigenvalue weighted by Crippen LogP contribution is 2.26. The molecule has 1 aliphatic carbocycles. The Hall–Kier alpha value is -0.260. The summed E-state index contributed by atoms with van der Waals surface area (Å²) < 4.78 is 5.22. The first kappa shape index (κ1) is 18.8. The summed E-state index contributed by atoms with van der Waals surface area (Å²) in [5.41, 5.74) is -0.544. The summed E-state index contributed by atoms with van der Waals surface area (Å²) in [4.78, 5) is 12.2. The van der Waals surface area contributed by atoms with Crippen molar-refractivity contribution in [2.45, 2.75) is 82.7 Å². The fourth-order valence-corrected chi connectivity index (χ4v) is 3.21. The Labute approximate surface area is 133 Å². The maximum atomic E-state index is 12.2. The third kappa shape index (κ3) is 7.02. The maximum Gasteiger partial charge on any atom is 0.326 e. The van der Waals surface area contributed by atoms with Gasteiger partial charge in [0.05, 0.1) is 12.7 Å². The van der Waals surface area contributed by atoms with Gasteiger partial charge in [-0.15, -0.1) is 0 Å². The van der Waals surface area contributed by atoms with Crippen molar-refractivity contribution in [1.82, 2.24) is 5.32 Å². The number of ether oxygens (including phenoxy) is 1. The molecule has 0 saturated heterocycles. The lowest BCUT2D eigenvalue weighted by Gasteiger charge is -2.28. The molecule has 1 rings (SSSR count). The van der Waals surface area contributed by atoms with Crippen LogP contribution in [0.1, 0.15) is 59.8 Å². The highest BCUT2D eigenvalue weighted by atomic mass is 32.2. The summed E-state index contributed by atoms with van der Waals surface area (Å²) in [6.07, 6.45) is 4.92. The van der Waals surface area contributed by atoms with Crippen LogP contribution in [0.15, 0.2) is 0 Å². The van der Waals surface area contributed by atoms with Crippen LogP contribution in [0.2, 0.25) is 0 Å². The van der Waals surface area contributed by atoms with Gasteiger partial charge in [-0.05, 0) is 52.2 Å². The van der Waals surface area contributed by atoms with E-state index in [1.54, 1.807) is 11.8 Å². The Balaban J connectivity index is 2.30. The first-order valence-electron chi connectivity index (χ1n) is 8.13. The fourth-order valence-electron chi connectivity index (χ4n) is 2.19. The lowest BCUT2D eigenvalue weighted by molar-refractivity contribution is -0.151. The van der Waals surface area contributed by atoms with E-state index in [0.717, 1.165) is 37.9 Å². The molecular formula is C16H31NO3S. The number of nitrogens with one attached hydrogen (secondary N) is 1. The minimum atomic E-state index is -0.544. The zero-order valence-electron chi connectivity index (χ0n) is 13.9. The Morgan fingerprint density at radius 1 is 1.43 bits per heavy atom. The smallest absolute Gasteiger partial charge is 0.326 e. The van der Waals surface area contributed by atoms with Crippen LogP contribution in [-0.4, -0.2) is 46.4 Å². The van der Waals surface area contributed by atoms with Gasteiger partial charge in [-0.3, -0.25) is 10.1 Å². The summed E-state index contributed by atoms with van der Waals surface area (Å²) >= 11 is 1.79. The average Bonchev–Trinajstić information content (AvgIpc) is 3.22. The van der Waals surface area contributed by atoms with Gasteiger partial charge in [0, 0.05) is 11.3 Å². The van der Waals surface area contributed by atoms with Gasteiger partial charge in [-0.1, -0.05) is 13.3 Å². The van der Waals surface area contributed by atoms with Crippen molar-refractivity contribution in [3.63, 3.8) is 0 Å². The number of thioether (sulfide) groups is 1. The van der Waals surface area contributed by atoms with Gasteiger partial charge in [0.2, 0.25) is 0 Å². The Bertz CT molecular complexity index is 321. The standard InChI is InChI=1S/C16H31NO3S/c1-5-20-15(19)16(4,17-14-8-9-14)10-6-7-11-21-13(3)12(2)18/h12-14,17-18H,5-11H2,1-4H3. The molecule has 21 heavy (non-hydrogen) atoms. The third-order valence-electron chi connectivity index (χ3n) is 3.96. The molecule has 1 aliphatic rings. The molecule has 0 radical (unpaired) electrons. The Kier molecular flexibility index (Phi) is 8.06. The van der Waals surface area contributed by atoms with E-state index in [9.17, 15) is 9.90 Å². The van der Waals surface area contributed by atoms with Gasteiger partial charge in [-0.25, -0.2) is 0 Å². The zero-order chi connectivity index (χ0) is 15.9. The van der Waals surface area contributed by atoms with Gasteiger partial charge < -0.3 is 9.84 Å². The lowest BCUT2D eigenvalue weighted by Crippen LogP contribution is -2.51. The summed E-state index contributed by atoms with van der Waals surface area (Å²) in [5.74, 6) is 0.899. The number of aliphatic hydroxyl groups excluding tert-OH is 1. The van der Waals surface area contributed by atoms with Crippen molar-refractivity contribution in [1.29, 1.82) is 0 Å². The number of unbranched alkanes of at least 4 members (excludes halogenated alkanes) is 1. The second-order valence-corrected chi connectivity index (χ2v) is 7.73. The number of carbonyl (C=O) groups is 1. The topological polar surface area (TPSA) is 58.6 Å². The van der Waals surface area contributed by atoms with Crippen molar-refractivity contribution in [2.75, 3.05) is 12.4 Å². The van der Waals surface area contributed by atoms with Crippen molar-refractivity contribution in [2.24, 2.45) is 0 Å². The van der Waals surface area contributed by atoms with E-state index >= 15 is 0 Å². The number of rotatable bonds is 11. The average molecular weight is 317 g/mol. The van der Waals surface area contributed by atoms with Gasteiger partial charge in [-0.2, -0.15) is 11.8 Å². The largest absolute Gasteiger partial charge is 0.465 e. The van der Waals surface area contributed by atoms with Crippen LogP contribution in [-0.2, 0) is 9.53 Å². The first-order valence-corrected chi connectivity index (χ1v) is 9.18. The third-order valence-corrected chi connectivity index (χ3v) is 5.40. The van der Waals surface area contributed by atoms with E-state index in [0.29, 0.717) is 12.6 Å². The summed E-state index contributed by atoms with van der Waals surface area (Å²) in [6, 6.07) is 0.490. The van der Waals surface area contributed by atoms with E-state index in [4.69, 9.17) is 4.74 Å². The molecule has 0 aromatic rings. The first-order chi connectivity index (χ1) is 9.89. The Morgan fingerprint density at radius 2 is 2.10 bits per heavy atom. The monoisotopic (exact) mass is 317 g/mol. The second-order valence-electron chi connectivity index (χ2n) is 6.24. The van der Waals surface area contributed by atoms with Crippen LogP contribution in [0.4, 0.5) is 0 Å². The number of hydrogen-bond donors (Lipinski definition) is 2. The highest BCUT2D eigenvalue weighted by Gasteiger charge is 2.39. The number of aliphatic hydroxyl groups is 1. The molecule has 0 spiro atoms. The van der Waals surface area contributed by atoms with Crippen molar-refractivity contribution in [3.05, 3.63) is 0 Å². The quantitative estimate of drug-likeness (QED) is 0.453. The molecule has 3 atom stereocenters. The van der Waals surface area contributed by atoms with Crippen molar-refractivity contribution >= 4 is 17.7 Å². The van der Waals surface area contributed by atoms with Crippen molar-refractivity contribution < 1.29 is 14.6 Å². The van der Waals surface area contributed by atoms with E-state index < -0.39 is 5.54 Å². The maximum absolute atomic E-state index is 12.2. The molecule has 124 valence electrons. The molecule has 0 heterocycles. The SMILES string of the molecule is CCOC(=O)C(C)(CCCCSC(C)C(C)O)NC1CC1. The molecule has 0 amide bonds. The van der Waals surface area contributed by atoms with E-state index in [1.165, 1.54) is 0 Å². The minimum absolute atomic E-state index is 0.123. The number of carbonyl (C=O) groups excluding carboxylic acids is 1. The molecule has 2 N–H and O–H groups in total. The normalized spacial score (nSPS) is 20.6. The van der Waals surface area contributed by atoms with Crippen LogP contribution < -0.4 is 5.32 Å². The fraction of sp³-hybridized carbons (Fsp3) is 0.938. The van der Waals surface area contributed by atoms with Crippen LogP contribution in [0.5, 0.6) is 0 Å². The molecule has 3 unspecified atom stereocenters. The molecule has 5 heteroatoms. The molecule has 4 nitrogen and oxygen atoms in total. The number of esters is 1. The lowest BCUT2D eigenvalue weighted by atomic mass is 9.94. The van der Waals surface area contributed by atoms with E-state index in [2.05, 4.69) is 5.32 Å². The summed E-state index contributed by atoms with van der Waals surface area (Å²) in [5, 5.41) is 13.2. The predicted molar refractivity (Wildman–Crippen MR) is 88.6 cm³/mol. The summed E-state index contributed by atoms with van der Waals surface area (Å²) in [7, 11) is 0. The van der Waals surface area contributed by atoms with E-state index in [1.807, 2.05) is 27.7 Å². The second kappa shape index (κ2) is 9.01. The molecule has 0 bridgehead atoms. The van der Waals surface area contributed by atoms with Crippen LogP contribution in [0, 0.1) is 0 Å². The van der Waals surface area contributed by atoms with Crippen molar-refractivity contribution in [3.8, 4) is 0 Å². The molecule has 1 saturated carbocycles. The van der Waals surface area contributed by atoms with Crippen LogP contribution in [0.3, 0.4) is 0 Å². The van der Waals surface area contributed by atoms with E-state index in [-0.39, 0.29) is 17.3 Å². The van der Waals surface area contributed by atoms with Gasteiger partial charge in [0.25, 0.3) is 0 Å². The predicted octanol–water partition coefficient (Wildman–Crippen LogP) is 2.73. The van der Waals surface area contributed by atoms with Gasteiger partial charge in [0.1, 0.15) is 5.54 Å². The molecular weight excluding hydrogens is 286 g/mol. The molecule has 0 aliphatic heterocycles. The van der Waals surface area contributed by atoms with Gasteiger partial charge in [0.15, 0.2) is 0 Å². The number of hydrogen-bond acceptors (Lipinski definition) is 5. The zero-order valence-corrected chi connectivity index (χ0v) is 14.7. The Morgan fingerprint density at radius 3 is 2.62 bits per heavy atom. The minimum Gasteiger partial charge on any atom is -0.465 e. The van der Waals surface area contributed by atoms with Crippen LogP contribution in [0.25, 0.3) is 0 Å². The summed E-state index contributed by atoms with van der Waals surface area (Å²) in [6.45, 7) is 8.13. The molecule has 0 aromatic carbocycles. The van der Waals surface area contributed by atoms with Gasteiger partial charge >= 0.3 is 5.97 Å².